The molecule has 6 heteroatoms. The van der Waals surface area contributed by atoms with Crippen LogP contribution in [-0.2, 0) is 16.0 Å². The van der Waals surface area contributed by atoms with Crippen molar-refractivity contribution < 1.29 is 14.3 Å². The standard InChI is InChI=1S/C13H18N2O3S/c1-3-10-8(2)6-11(19-10)13(17)15-14-12(16)9-4-5-18-7-9/h6,9H,3-5,7H2,1-2H3,(H,14,16)(H,15,17)/t9-/m1/s1. The number of nitrogens with one attached hydrogen (secondary N) is 2. The first-order valence-corrected chi connectivity index (χ1v) is 7.20. The Kier molecular flexibility index (Phi) is 4.55. The summed E-state index contributed by atoms with van der Waals surface area (Å²) in [5, 5.41) is 0. The molecule has 104 valence electrons. The van der Waals surface area contributed by atoms with Crippen molar-refractivity contribution in [3.63, 3.8) is 0 Å². The maximum Gasteiger partial charge on any atom is 0.279 e. The normalized spacial score (nSPS) is 18.3. The van der Waals surface area contributed by atoms with Crippen LogP contribution in [0.5, 0.6) is 0 Å². The van der Waals surface area contributed by atoms with E-state index in [1.807, 2.05) is 13.0 Å². The predicted molar refractivity (Wildman–Crippen MR) is 73.0 cm³/mol. The summed E-state index contributed by atoms with van der Waals surface area (Å²) in [7, 11) is 0. The van der Waals surface area contributed by atoms with Gasteiger partial charge in [-0.2, -0.15) is 0 Å². The fourth-order valence-electron chi connectivity index (χ4n) is 2.01. The Labute approximate surface area is 116 Å². The van der Waals surface area contributed by atoms with Crippen LogP contribution in [0.3, 0.4) is 0 Å². The summed E-state index contributed by atoms with van der Waals surface area (Å²) in [6, 6.07) is 1.85. The van der Waals surface area contributed by atoms with Crippen LogP contribution in [0, 0.1) is 12.8 Å². The fraction of sp³-hybridized carbons (Fsp3) is 0.538. The molecule has 0 saturated carbocycles. The summed E-state index contributed by atoms with van der Waals surface area (Å²) < 4.78 is 5.13. The number of carbonyl (C=O) groups is 2. The summed E-state index contributed by atoms with van der Waals surface area (Å²) in [5.41, 5.74) is 6.03. The molecule has 2 N–H and O–H groups in total. The van der Waals surface area contributed by atoms with Crippen LogP contribution < -0.4 is 10.9 Å². The van der Waals surface area contributed by atoms with Gasteiger partial charge in [-0.15, -0.1) is 11.3 Å². The highest BCUT2D eigenvalue weighted by atomic mass is 32.1. The number of hydrogen-bond donors (Lipinski definition) is 2. The molecule has 0 spiro atoms. The van der Waals surface area contributed by atoms with Crippen LogP contribution in [0.25, 0.3) is 0 Å². The summed E-state index contributed by atoms with van der Waals surface area (Å²) in [6.07, 6.45) is 1.62. The summed E-state index contributed by atoms with van der Waals surface area (Å²) in [5.74, 6) is -0.605. The van der Waals surface area contributed by atoms with E-state index < -0.39 is 0 Å². The molecule has 2 amide bonds. The molecule has 2 rings (SSSR count). The Bertz CT molecular complexity index is 478. The monoisotopic (exact) mass is 282 g/mol. The Hall–Kier alpha value is -1.40. The smallest absolute Gasteiger partial charge is 0.279 e. The molecule has 0 bridgehead atoms. The van der Waals surface area contributed by atoms with E-state index in [9.17, 15) is 9.59 Å². The minimum atomic E-state index is -0.264. The second-order valence-electron chi connectivity index (χ2n) is 4.57. The summed E-state index contributed by atoms with van der Waals surface area (Å²) in [6.45, 7) is 5.08. The van der Waals surface area contributed by atoms with Crippen LogP contribution in [-0.4, -0.2) is 25.0 Å². The van der Waals surface area contributed by atoms with Crippen molar-refractivity contribution in [3.8, 4) is 0 Å². The first-order valence-electron chi connectivity index (χ1n) is 6.39. The first-order chi connectivity index (χ1) is 9.11. The van der Waals surface area contributed by atoms with Gasteiger partial charge < -0.3 is 4.74 Å². The lowest BCUT2D eigenvalue weighted by Gasteiger charge is -2.09. The van der Waals surface area contributed by atoms with Crippen LogP contribution >= 0.6 is 11.3 Å². The largest absolute Gasteiger partial charge is 0.381 e. The highest BCUT2D eigenvalue weighted by molar-refractivity contribution is 7.14. The molecule has 0 aliphatic carbocycles. The molecular formula is C13H18N2O3S. The third kappa shape index (κ3) is 3.33. The van der Waals surface area contributed by atoms with Crippen molar-refractivity contribution in [2.45, 2.75) is 26.7 Å². The number of hydrazine groups is 1. The Balaban J connectivity index is 1.88. The maximum absolute atomic E-state index is 11.9. The van der Waals surface area contributed by atoms with E-state index in [0.717, 1.165) is 12.0 Å². The van der Waals surface area contributed by atoms with Crippen molar-refractivity contribution in [1.29, 1.82) is 0 Å². The minimum absolute atomic E-state index is 0.156. The second kappa shape index (κ2) is 6.16. The number of aryl methyl sites for hydroxylation is 2. The van der Waals surface area contributed by atoms with Gasteiger partial charge in [0.1, 0.15) is 0 Å². The third-order valence-electron chi connectivity index (χ3n) is 3.17. The topological polar surface area (TPSA) is 67.4 Å². The van der Waals surface area contributed by atoms with E-state index in [1.54, 1.807) is 0 Å². The molecular weight excluding hydrogens is 264 g/mol. The van der Waals surface area contributed by atoms with Gasteiger partial charge in [0.25, 0.3) is 5.91 Å². The molecule has 1 fully saturated rings. The first kappa shape index (κ1) is 14.0. The van der Waals surface area contributed by atoms with Gasteiger partial charge in [0.2, 0.25) is 5.91 Å². The van der Waals surface area contributed by atoms with E-state index in [4.69, 9.17) is 4.74 Å². The number of ether oxygens (including phenoxy) is 1. The lowest BCUT2D eigenvalue weighted by molar-refractivity contribution is -0.125. The van der Waals surface area contributed by atoms with Gasteiger partial charge in [0.15, 0.2) is 0 Å². The van der Waals surface area contributed by atoms with Crippen molar-refractivity contribution >= 4 is 23.2 Å². The number of hydrogen-bond acceptors (Lipinski definition) is 4. The van der Waals surface area contributed by atoms with Gasteiger partial charge in [-0.1, -0.05) is 6.92 Å². The molecule has 1 aliphatic heterocycles. The second-order valence-corrected chi connectivity index (χ2v) is 5.71. The average molecular weight is 282 g/mol. The highest BCUT2D eigenvalue weighted by Gasteiger charge is 2.24. The van der Waals surface area contributed by atoms with Gasteiger partial charge in [0, 0.05) is 11.5 Å². The van der Waals surface area contributed by atoms with Gasteiger partial charge in [-0.05, 0) is 31.4 Å². The van der Waals surface area contributed by atoms with E-state index in [-0.39, 0.29) is 17.7 Å². The molecule has 1 atom stereocenters. The fourth-order valence-corrected chi connectivity index (χ4v) is 3.02. The SMILES string of the molecule is CCc1sc(C(=O)NNC(=O)[C@@H]2CCOC2)cc1C. The molecule has 0 aromatic carbocycles. The highest BCUT2D eigenvalue weighted by Crippen LogP contribution is 2.22. The van der Waals surface area contributed by atoms with Crippen LogP contribution in [0.15, 0.2) is 6.07 Å². The molecule has 1 aromatic heterocycles. The molecule has 2 heterocycles. The Morgan fingerprint density at radius 1 is 1.47 bits per heavy atom. The van der Waals surface area contributed by atoms with E-state index in [1.165, 1.54) is 16.2 Å². The molecule has 1 aliphatic rings. The van der Waals surface area contributed by atoms with Crippen molar-refractivity contribution in [1.82, 2.24) is 10.9 Å². The van der Waals surface area contributed by atoms with Crippen LogP contribution in [0.4, 0.5) is 0 Å². The Morgan fingerprint density at radius 2 is 2.26 bits per heavy atom. The molecule has 5 nitrogen and oxygen atoms in total. The van der Waals surface area contributed by atoms with Gasteiger partial charge >= 0.3 is 0 Å². The van der Waals surface area contributed by atoms with E-state index in [2.05, 4.69) is 17.8 Å². The van der Waals surface area contributed by atoms with Gasteiger partial charge in [-0.25, -0.2) is 0 Å². The molecule has 0 radical (unpaired) electrons. The Morgan fingerprint density at radius 3 is 2.84 bits per heavy atom. The molecule has 1 saturated heterocycles. The zero-order valence-corrected chi connectivity index (χ0v) is 11.9. The number of thiophene rings is 1. The molecule has 1 aromatic rings. The average Bonchev–Trinajstić information content (AvgIpc) is 3.04. The predicted octanol–water partition coefficient (Wildman–Crippen LogP) is 1.42. The van der Waals surface area contributed by atoms with Crippen molar-refractivity contribution in [3.05, 3.63) is 21.4 Å². The van der Waals surface area contributed by atoms with Crippen LogP contribution in [0.2, 0.25) is 0 Å². The summed E-state index contributed by atoms with van der Waals surface area (Å²) in [4.78, 5) is 25.4. The van der Waals surface area contributed by atoms with Gasteiger partial charge in [-0.3, -0.25) is 20.4 Å². The lowest BCUT2D eigenvalue weighted by Crippen LogP contribution is -2.44. The quantitative estimate of drug-likeness (QED) is 0.824. The van der Waals surface area contributed by atoms with Crippen molar-refractivity contribution in [2.24, 2.45) is 5.92 Å². The van der Waals surface area contributed by atoms with E-state index in [0.29, 0.717) is 24.5 Å². The lowest BCUT2D eigenvalue weighted by atomic mass is 10.1. The zero-order valence-electron chi connectivity index (χ0n) is 11.1. The van der Waals surface area contributed by atoms with Gasteiger partial charge in [0.05, 0.1) is 17.4 Å². The van der Waals surface area contributed by atoms with E-state index >= 15 is 0 Å². The number of carbonyl (C=O) groups excluding carboxylic acids is 2. The molecule has 19 heavy (non-hydrogen) atoms. The van der Waals surface area contributed by atoms with Crippen LogP contribution in [0.1, 0.15) is 33.5 Å². The zero-order chi connectivity index (χ0) is 13.8. The maximum atomic E-state index is 11.9. The third-order valence-corrected chi connectivity index (χ3v) is 4.55. The summed E-state index contributed by atoms with van der Waals surface area (Å²) >= 11 is 1.46. The van der Waals surface area contributed by atoms with Crippen molar-refractivity contribution in [2.75, 3.05) is 13.2 Å². The molecule has 0 unspecified atom stereocenters. The number of rotatable bonds is 3. The minimum Gasteiger partial charge on any atom is -0.381 e. The number of amides is 2.